The monoisotopic (exact) mass is 528 g/mol. The molecular formula is C32H33ClN2O3. The summed E-state index contributed by atoms with van der Waals surface area (Å²) in [5.41, 5.74) is 5.29. The van der Waals surface area contributed by atoms with Crippen LogP contribution in [0.1, 0.15) is 42.0 Å². The second-order valence-electron chi connectivity index (χ2n) is 8.96. The molecule has 0 aliphatic rings. The van der Waals surface area contributed by atoms with Crippen molar-refractivity contribution in [3.63, 3.8) is 0 Å². The maximum atomic E-state index is 13.1. The Bertz CT molecular complexity index is 1370. The van der Waals surface area contributed by atoms with E-state index in [4.69, 9.17) is 21.1 Å². The number of ether oxygens (including phenoxy) is 2. The molecule has 38 heavy (non-hydrogen) atoms. The number of methoxy groups -OCH3 is 1. The van der Waals surface area contributed by atoms with Gasteiger partial charge in [0.1, 0.15) is 11.5 Å². The van der Waals surface area contributed by atoms with E-state index < -0.39 is 6.09 Å². The summed E-state index contributed by atoms with van der Waals surface area (Å²) in [6.45, 7) is 7.81. The van der Waals surface area contributed by atoms with E-state index in [9.17, 15) is 4.79 Å². The summed E-state index contributed by atoms with van der Waals surface area (Å²) in [6, 6.07) is 29.3. The highest BCUT2D eigenvalue weighted by Crippen LogP contribution is 2.44. The van der Waals surface area contributed by atoms with Gasteiger partial charge in [-0.25, -0.2) is 4.79 Å². The first-order chi connectivity index (χ1) is 18.4. The molecule has 0 radical (unpaired) electrons. The highest BCUT2D eigenvalue weighted by molar-refractivity contribution is 6.31. The lowest BCUT2D eigenvalue weighted by atomic mass is 9.83. The molecule has 0 aliphatic heterocycles. The Kier molecular flexibility index (Phi) is 8.93. The lowest BCUT2D eigenvalue weighted by Gasteiger charge is -2.26. The molecule has 4 aromatic carbocycles. The molecule has 1 atom stereocenters. The van der Waals surface area contributed by atoms with Gasteiger partial charge in [0, 0.05) is 52.6 Å². The maximum Gasteiger partial charge on any atom is 0.417 e. The standard InChI is InChI=1S/C32H33ClN2O3/c1-5-35(6-2)25-17-18-26(30(20-25)38-32(36)34-24-15-11-8-12-16-24)31(23-13-9-7-10-14-23)27-21-28(33)22(3)19-29(27)37-4/h7-21,31H,5-6H2,1-4H3,(H,34,36). The molecule has 0 bridgehead atoms. The average molecular weight is 529 g/mol. The van der Waals surface area contributed by atoms with E-state index in [2.05, 4.69) is 42.3 Å². The van der Waals surface area contributed by atoms with Gasteiger partial charge in [-0.1, -0.05) is 66.2 Å². The molecule has 4 aromatic rings. The molecule has 1 N–H and O–H groups in total. The van der Waals surface area contributed by atoms with Crippen LogP contribution in [0.5, 0.6) is 11.5 Å². The van der Waals surface area contributed by atoms with Gasteiger partial charge in [-0.3, -0.25) is 5.32 Å². The molecular weight excluding hydrogens is 496 g/mol. The third-order valence-electron chi connectivity index (χ3n) is 6.61. The van der Waals surface area contributed by atoms with Crippen LogP contribution in [0.3, 0.4) is 0 Å². The lowest BCUT2D eigenvalue weighted by Crippen LogP contribution is -2.23. The molecule has 0 spiro atoms. The number of benzene rings is 4. The number of aryl methyl sites for hydroxylation is 1. The Morgan fingerprint density at radius 1 is 0.868 bits per heavy atom. The minimum absolute atomic E-state index is 0.297. The molecule has 5 nitrogen and oxygen atoms in total. The van der Waals surface area contributed by atoms with Crippen LogP contribution >= 0.6 is 11.6 Å². The van der Waals surface area contributed by atoms with Gasteiger partial charge in [-0.15, -0.1) is 0 Å². The van der Waals surface area contributed by atoms with E-state index >= 15 is 0 Å². The van der Waals surface area contributed by atoms with Crippen LogP contribution in [0.2, 0.25) is 5.02 Å². The average Bonchev–Trinajstić information content (AvgIpc) is 2.93. The lowest BCUT2D eigenvalue weighted by molar-refractivity contribution is 0.214. The zero-order valence-electron chi connectivity index (χ0n) is 22.2. The highest BCUT2D eigenvalue weighted by atomic mass is 35.5. The number of hydrogen-bond donors (Lipinski definition) is 1. The van der Waals surface area contributed by atoms with Crippen LogP contribution < -0.4 is 19.7 Å². The number of hydrogen-bond acceptors (Lipinski definition) is 4. The van der Waals surface area contributed by atoms with E-state index in [1.165, 1.54) is 0 Å². The SMILES string of the molecule is CCN(CC)c1ccc(C(c2ccccc2)c2cc(Cl)c(C)cc2OC)c(OC(=O)Nc2ccccc2)c1. The zero-order valence-corrected chi connectivity index (χ0v) is 23.0. The van der Waals surface area contributed by atoms with Gasteiger partial charge < -0.3 is 14.4 Å². The topological polar surface area (TPSA) is 50.8 Å². The van der Waals surface area contributed by atoms with Crippen LogP contribution in [0.25, 0.3) is 0 Å². The van der Waals surface area contributed by atoms with E-state index in [1.54, 1.807) is 7.11 Å². The number of nitrogens with zero attached hydrogens (tertiary/aromatic N) is 1. The minimum atomic E-state index is -0.560. The van der Waals surface area contributed by atoms with Crippen molar-refractivity contribution in [2.75, 3.05) is 30.4 Å². The van der Waals surface area contributed by atoms with Crippen molar-refractivity contribution in [2.24, 2.45) is 0 Å². The van der Waals surface area contributed by atoms with E-state index in [-0.39, 0.29) is 5.92 Å². The summed E-state index contributed by atoms with van der Waals surface area (Å²) >= 11 is 6.62. The second kappa shape index (κ2) is 12.5. The predicted molar refractivity (Wildman–Crippen MR) is 156 cm³/mol. The Balaban J connectivity index is 1.88. The third kappa shape index (κ3) is 6.12. The number of anilines is 2. The highest BCUT2D eigenvalue weighted by Gasteiger charge is 2.26. The maximum absolute atomic E-state index is 13.1. The molecule has 0 heterocycles. The van der Waals surface area contributed by atoms with Crippen LogP contribution in [0, 0.1) is 6.92 Å². The summed E-state index contributed by atoms with van der Waals surface area (Å²) in [7, 11) is 1.66. The number of amides is 1. The van der Waals surface area contributed by atoms with Crippen LogP contribution in [0.4, 0.5) is 16.2 Å². The second-order valence-corrected chi connectivity index (χ2v) is 9.37. The number of rotatable bonds is 9. The number of carbonyl (C=O) groups is 1. The van der Waals surface area contributed by atoms with E-state index in [0.29, 0.717) is 22.2 Å². The molecule has 196 valence electrons. The Labute approximate surface area is 230 Å². The van der Waals surface area contributed by atoms with Gasteiger partial charge in [0.05, 0.1) is 7.11 Å². The van der Waals surface area contributed by atoms with Crippen molar-refractivity contribution in [1.82, 2.24) is 0 Å². The summed E-state index contributed by atoms with van der Waals surface area (Å²) in [4.78, 5) is 15.3. The Hall–Kier alpha value is -3.96. The van der Waals surface area contributed by atoms with Gasteiger partial charge in [0.25, 0.3) is 0 Å². The molecule has 6 heteroatoms. The van der Waals surface area contributed by atoms with Crippen LogP contribution in [-0.2, 0) is 0 Å². The van der Waals surface area contributed by atoms with Crippen molar-refractivity contribution in [3.05, 3.63) is 118 Å². The summed E-state index contributed by atoms with van der Waals surface area (Å²) in [5.74, 6) is 0.887. The quantitative estimate of drug-likeness (QED) is 0.222. The van der Waals surface area contributed by atoms with Crippen molar-refractivity contribution >= 4 is 29.1 Å². The zero-order chi connectivity index (χ0) is 27.1. The van der Waals surface area contributed by atoms with Crippen LogP contribution in [-0.4, -0.2) is 26.3 Å². The normalized spacial score (nSPS) is 11.5. The Morgan fingerprint density at radius 3 is 2.16 bits per heavy atom. The summed E-state index contributed by atoms with van der Waals surface area (Å²) in [6.07, 6.45) is -0.560. The molecule has 0 saturated heterocycles. The molecule has 1 unspecified atom stereocenters. The number of nitrogens with one attached hydrogen (secondary N) is 1. The summed E-state index contributed by atoms with van der Waals surface area (Å²) < 4.78 is 11.8. The minimum Gasteiger partial charge on any atom is -0.496 e. The first kappa shape index (κ1) is 27.1. The molecule has 0 fully saturated rings. The van der Waals surface area contributed by atoms with Crippen molar-refractivity contribution in [3.8, 4) is 11.5 Å². The van der Waals surface area contributed by atoms with Gasteiger partial charge in [0.2, 0.25) is 0 Å². The molecule has 1 amide bonds. The van der Waals surface area contributed by atoms with Gasteiger partial charge in [0.15, 0.2) is 0 Å². The fraction of sp³-hybridized carbons (Fsp3) is 0.219. The molecule has 0 saturated carbocycles. The molecule has 0 aromatic heterocycles. The van der Waals surface area contributed by atoms with E-state index in [0.717, 1.165) is 41.0 Å². The predicted octanol–water partition coefficient (Wildman–Crippen LogP) is 8.29. The van der Waals surface area contributed by atoms with Crippen LogP contribution in [0.15, 0.2) is 91.0 Å². The van der Waals surface area contributed by atoms with Crippen molar-refractivity contribution < 1.29 is 14.3 Å². The van der Waals surface area contributed by atoms with Crippen molar-refractivity contribution in [2.45, 2.75) is 26.7 Å². The largest absolute Gasteiger partial charge is 0.496 e. The smallest absolute Gasteiger partial charge is 0.417 e. The van der Waals surface area contributed by atoms with Gasteiger partial charge in [-0.2, -0.15) is 0 Å². The third-order valence-corrected chi connectivity index (χ3v) is 7.02. The Morgan fingerprint density at radius 2 is 1.53 bits per heavy atom. The fourth-order valence-electron chi connectivity index (χ4n) is 4.65. The number of para-hydroxylation sites is 1. The molecule has 0 aliphatic carbocycles. The van der Waals surface area contributed by atoms with Gasteiger partial charge >= 0.3 is 6.09 Å². The van der Waals surface area contributed by atoms with Gasteiger partial charge in [-0.05, 0) is 62.2 Å². The number of halogens is 1. The number of carbonyl (C=O) groups excluding carboxylic acids is 1. The first-order valence-electron chi connectivity index (χ1n) is 12.8. The molecule has 4 rings (SSSR count). The summed E-state index contributed by atoms with van der Waals surface area (Å²) in [5, 5.41) is 3.48. The van der Waals surface area contributed by atoms with E-state index in [1.807, 2.05) is 79.7 Å². The van der Waals surface area contributed by atoms with Crippen molar-refractivity contribution in [1.29, 1.82) is 0 Å². The fourth-order valence-corrected chi connectivity index (χ4v) is 4.82. The first-order valence-corrected chi connectivity index (χ1v) is 13.1.